The number of halogens is 2. The van der Waals surface area contributed by atoms with Gasteiger partial charge in [0.15, 0.2) is 10.4 Å². The molecule has 0 saturated carbocycles. The Morgan fingerprint density at radius 1 is 1.12 bits per heavy atom. The van der Waals surface area contributed by atoms with Crippen LogP contribution in [0.4, 0.5) is 0 Å². The number of nitrogens with one attached hydrogen (secondary N) is 2. The van der Waals surface area contributed by atoms with Gasteiger partial charge in [0.05, 0.1) is 0 Å². The molecule has 9 heteroatoms. The lowest BCUT2D eigenvalue weighted by Gasteiger charge is -2.13. The lowest BCUT2D eigenvalue weighted by molar-refractivity contribution is -0.140. The zero-order valence-corrected chi connectivity index (χ0v) is 16.6. The van der Waals surface area contributed by atoms with E-state index in [0.29, 0.717) is 10.2 Å². The number of rotatable bonds is 6. The molecule has 0 fully saturated rings. The maximum atomic E-state index is 12.4. The minimum atomic E-state index is -1.19. The van der Waals surface area contributed by atoms with Crippen LogP contribution in [-0.4, -0.2) is 28.9 Å². The molecule has 1 aromatic heterocycles. The first-order valence-corrected chi connectivity index (χ1v) is 8.92. The summed E-state index contributed by atoms with van der Waals surface area (Å²) in [6.07, 6.45) is 1.44. The molecular weight excluding hydrogens is 472 g/mol. The average molecular weight is 486 g/mol. The van der Waals surface area contributed by atoms with Gasteiger partial charge in [-0.1, -0.05) is 28.1 Å². The second kappa shape index (κ2) is 8.81. The Morgan fingerprint density at radius 2 is 1.77 bits per heavy atom. The minimum Gasteiger partial charge on any atom is -0.480 e. The van der Waals surface area contributed by atoms with Crippen LogP contribution in [0.5, 0.6) is 0 Å². The molecule has 1 aromatic carbocycles. The van der Waals surface area contributed by atoms with Crippen molar-refractivity contribution in [2.24, 2.45) is 0 Å². The van der Waals surface area contributed by atoms with Crippen molar-refractivity contribution in [2.45, 2.75) is 13.0 Å². The number of carbonyl (C=O) groups excluding carboxylic acids is 2. The number of benzene rings is 1. The number of aliphatic carboxylic acids is 1. The van der Waals surface area contributed by atoms with E-state index < -0.39 is 23.8 Å². The lowest BCUT2D eigenvalue weighted by Crippen LogP contribution is -2.42. The second-order valence-electron chi connectivity index (χ2n) is 5.20. The lowest BCUT2D eigenvalue weighted by atomic mass is 10.2. The van der Waals surface area contributed by atoms with Crippen molar-refractivity contribution >= 4 is 55.7 Å². The van der Waals surface area contributed by atoms with Crippen LogP contribution in [0.15, 0.2) is 55.7 Å². The fourth-order valence-corrected chi connectivity index (χ4v) is 2.41. The van der Waals surface area contributed by atoms with Crippen LogP contribution in [0, 0.1) is 0 Å². The Morgan fingerprint density at radius 3 is 2.31 bits per heavy atom. The van der Waals surface area contributed by atoms with Crippen molar-refractivity contribution in [1.82, 2.24) is 10.6 Å². The second-order valence-corrected chi connectivity index (χ2v) is 6.90. The van der Waals surface area contributed by atoms with Gasteiger partial charge in [0, 0.05) is 4.47 Å². The summed E-state index contributed by atoms with van der Waals surface area (Å²) in [5.41, 5.74) is 0.528. The van der Waals surface area contributed by atoms with E-state index >= 15 is 0 Å². The summed E-state index contributed by atoms with van der Waals surface area (Å²) in [7, 11) is 0. The molecule has 0 radical (unpaired) electrons. The molecule has 2 aromatic rings. The number of carbonyl (C=O) groups is 3. The predicted molar refractivity (Wildman–Crippen MR) is 101 cm³/mol. The Bertz CT molecular complexity index is 858. The van der Waals surface area contributed by atoms with E-state index in [4.69, 9.17) is 9.52 Å². The van der Waals surface area contributed by atoms with E-state index in [9.17, 15) is 14.4 Å². The van der Waals surface area contributed by atoms with Crippen LogP contribution in [0.25, 0.3) is 6.08 Å². The summed E-state index contributed by atoms with van der Waals surface area (Å²) >= 11 is 6.41. The van der Waals surface area contributed by atoms with Crippen LogP contribution in [0.2, 0.25) is 0 Å². The van der Waals surface area contributed by atoms with Gasteiger partial charge in [-0.25, -0.2) is 0 Å². The molecule has 0 spiro atoms. The van der Waals surface area contributed by atoms with E-state index in [-0.39, 0.29) is 11.5 Å². The maximum Gasteiger partial charge on any atom is 0.325 e. The monoisotopic (exact) mass is 484 g/mol. The molecule has 0 aliphatic heterocycles. The Labute approximate surface area is 165 Å². The Hall–Kier alpha value is -2.39. The molecule has 0 aliphatic carbocycles. The van der Waals surface area contributed by atoms with E-state index in [0.717, 1.165) is 4.47 Å². The van der Waals surface area contributed by atoms with Crippen LogP contribution in [0.1, 0.15) is 23.0 Å². The quantitative estimate of drug-likeness (QED) is 0.544. The van der Waals surface area contributed by atoms with Gasteiger partial charge in [-0.15, -0.1) is 0 Å². The van der Waals surface area contributed by atoms with Crippen molar-refractivity contribution in [3.63, 3.8) is 0 Å². The molecule has 26 heavy (non-hydrogen) atoms. The summed E-state index contributed by atoms with van der Waals surface area (Å²) in [5.74, 6) is -2.57. The molecule has 0 saturated heterocycles. The van der Waals surface area contributed by atoms with E-state index in [1.165, 1.54) is 19.1 Å². The zero-order chi connectivity index (χ0) is 19.3. The largest absolute Gasteiger partial charge is 0.480 e. The third kappa shape index (κ3) is 5.57. The summed E-state index contributed by atoms with van der Waals surface area (Å²) in [6.45, 7) is 1.32. The minimum absolute atomic E-state index is 0.00216. The molecule has 1 atom stereocenters. The van der Waals surface area contributed by atoms with Crippen molar-refractivity contribution in [3.8, 4) is 0 Å². The third-order valence-electron chi connectivity index (χ3n) is 3.19. The summed E-state index contributed by atoms with van der Waals surface area (Å²) in [5, 5.41) is 13.7. The summed E-state index contributed by atoms with van der Waals surface area (Å²) < 4.78 is 6.37. The fourth-order valence-electron chi connectivity index (χ4n) is 1.84. The number of carboxylic acids is 1. The number of hydrogen-bond donors (Lipinski definition) is 3. The summed E-state index contributed by atoms with van der Waals surface area (Å²) in [4.78, 5) is 35.6. The van der Waals surface area contributed by atoms with E-state index in [1.54, 1.807) is 30.3 Å². The highest BCUT2D eigenvalue weighted by molar-refractivity contribution is 9.10. The Kier molecular flexibility index (Phi) is 6.76. The van der Waals surface area contributed by atoms with Gasteiger partial charge >= 0.3 is 5.97 Å². The molecular formula is C17H14Br2N2O5. The van der Waals surface area contributed by atoms with Gasteiger partial charge in [-0.05, 0) is 58.8 Å². The molecule has 0 bridgehead atoms. The SMILES string of the molecule is C[C@H](NC(=O)/C(=C/c1ccc(Br)cc1)NC(=O)c1ccc(Br)o1)C(=O)O. The summed E-state index contributed by atoms with van der Waals surface area (Å²) in [6, 6.07) is 8.86. The first kappa shape index (κ1) is 19.9. The molecule has 0 aliphatic rings. The van der Waals surface area contributed by atoms with Crippen molar-refractivity contribution in [1.29, 1.82) is 0 Å². The normalized spacial score (nSPS) is 12.3. The van der Waals surface area contributed by atoms with E-state index in [2.05, 4.69) is 42.5 Å². The zero-order valence-electron chi connectivity index (χ0n) is 13.5. The van der Waals surface area contributed by atoms with Gasteiger partial charge < -0.3 is 20.2 Å². The number of furan rings is 1. The van der Waals surface area contributed by atoms with Gasteiger partial charge in [-0.3, -0.25) is 14.4 Å². The fraction of sp³-hybridized carbons (Fsp3) is 0.118. The first-order chi connectivity index (χ1) is 12.3. The first-order valence-electron chi connectivity index (χ1n) is 7.34. The molecule has 1 heterocycles. The van der Waals surface area contributed by atoms with E-state index in [1.807, 2.05) is 0 Å². The van der Waals surface area contributed by atoms with Crippen molar-refractivity contribution < 1.29 is 23.9 Å². The topological polar surface area (TPSA) is 109 Å². The maximum absolute atomic E-state index is 12.4. The van der Waals surface area contributed by atoms with Gasteiger partial charge in [0.25, 0.3) is 11.8 Å². The highest BCUT2D eigenvalue weighted by atomic mass is 79.9. The number of amides is 2. The van der Waals surface area contributed by atoms with Crippen LogP contribution in [0.3, 0.4) is 0 Å². The molecule has 7 nitrogen and oxygen atoms in total. The molecule has 2 amide bonds. The predicted octanol–water partition coefficient (Wildman–Crippen LogP) is 3.16. The number of carboxylic acid groups (broad SMARTS) is 1. The molecule has 0 unspecified atom stereocenters. The smallest absolute Gasteiger partial charge is 0.325 e. The molecule has 3 N–H and O–H groups in total. The Balaban J connectivity index is 2.28. The van der Waals surface area contributed by atoms with Gasteiger partial charge in [-0.2, -0.15) is 0 Å². The van der Waals surface area contributed by atoms with Crippen molar-refractivity contribution in [2.75, 3.05) is 0 Å². The molecule has 2 rings (SSSR count). The van der Waals surface area contributed by atoms with Gasteiger partial charge in [0.1, 0.15) is 11.7 Å². The highest BCUT2D eigenvalue weighted by Gasteiger charge is 2.20. The van der Waals surface area contributed by atoms with Crippen LogP contribution < -0.4 is 10.6 Å². The van der Waals surface area contributed by atoms with Gasteiger partial charge in [0.2, 0.25) is 0 Å². The molecule has 136 valence electrons. The standard InChI is InChI=1S/C17H14Br2N2O5/c1-9(17(24)25)20-15(22)12(8-10-2-4-11(18)5-3-10)21-16(23)13-6-7-14(19)26-13/h2-9H,1H3,(H,20,22)(H,21,23)(H,24,25)/b12-8-/t9-/m0/s1. The highest BCUT2D eigenvalue weighted by Crippen LogP contribution is 2.16. The number of hydrogen-bond acceptors (Lipinski definition) is 4. The average Bonchev–Trinajstić information content (AvgIpc) is 3.02. The van der Waals surface area contributed by atoms with Crippen LogP contribution >= 0.6 is 31.9 Å². The van der Waals surface area contributed by atoms with Crippen LogP contribution in [-0.2, 0) is 9.59 Å². The third-order valence-corrected chi connectivity index (χ3v) is 4.14. The van der Waals surface area contributed by atoms with Crippen molar-refractivity contribution in [3.05, 3.63) is 62.6 Å².